The van der Waals surface area contributed by atoms with E-state index in [1.54, 1.807) is 0 Å². The Hall–Kier alpha value is -1.10. The Kier molecular flexibility index (Phi) is 15.1. The summed E-state index contributed by atoms with van der Waals surface area (Å²) in [6.45, 7) is 9.45. The maximum Gasteiger partial charge on any atom is 0.311 e. The number of hydrogen-bond donors (Lipinski definition) is 1. The molecular weight excluding hydrogens is 368 g/mol. The van der Waals surface area contributed by atoms with Crippen molar-refractivity contribution in [2.75, 3.05) is 20.3 Å². The van der Waals surface area contributed by atoms with Gasteiger partial charge in [0.2, 0.25) is 0 Å². The minimum atomic E-state index is -0.707. The molecule has 5 heteroatoms. The van der Waals surface area contributed by atoms with Crippen LogP contribution in [0.25, 0.3) is 0 Å². The molecule has 0 radical (unpaired) electrons. The highest BCUT2D eigenvalue weighted by Crippen LogP contribution is 2.38. The minimum absolute atomic E-state index is 0.0438. The van der Waals surface area contributed by atoms with Gasteiger partial charge in [-0.2, -0.15) is 0 Å². The van der Waals surface area contributed by atoms with Crippen molar-refractivity contribution in [3.05, 3.63) is 0 Å². The van der Waals surface area contributed by atoms with E-state index >= 15 is 0 Å². The zero-order valence-electron chi connectivity index (χ0n) is 19.7. The van der Waals surface area contributed by atoms with E-state index in [1.165, 1.54) is 7.11 Å². The molecule has 29 heavy (non-hydrogen) atoms. The first-order valence-corrected chi connectivity index (χ1v) is 11.7. The number of unbranched alkanes of at least 4 members (excludes halogenated alkanes) is 4. The molecule has 0 fully saturated rings. The van der Waals surface area contributed by atoms with Gasteiger partial charge < -0.3 is 14.6 Å². The van der Waals surface area contributed by atoms with Crippen LogP contribution in [0.15, 0.2) is 0 Å². The van der Waals surface area contributed by atoms with Gasteiger partial charge in [-0.05, 0) is 51.9 Å². The third-order valence-electron chi connectivity index (χ3n) is 6.39. The van der Waals surface area contributed by atoms with Crippen LogP contribution in [-0.2, 0) is 19.1 Å². The van der Waals surface area contributed by atoms with Crippen molar-refractivity contribution in [3.63, 3.8) is 0 Å². The molecule has 0 bridgehead atoms. The molecule has 172 valence electrons. The molecule has 0 amide bonds. The first-order valence-electron chi connectivity index (χ1n) is 11.7. The van der Waals surface area contributed by atoms with E-state index in [4.69, 9.17) is 9.47 Å². The lowest BCUT2D eigenvalue weighted by Crippen LogP contribution is -2.32. The maximum absolute atomic E-state index is 12.5. The quantitative estimate of drug-likeness (QED) is 0.196. The molecule has 5 nitrogen and oxygen atoms in total. The van der Waals surface area contributed by atoms with E-state index in [0.29, 0.717) is 26.1 Å². The predicted molar refractivity (Wildman–Crippen MR) is 118 cm³/mol. The summed E-state index contributed by atoms with van der Waals surface area (Å²) in [5, 5.41) is 9.30. The lowest BCUT2D eigenvalue weighted by atomic mass is 9.74. The van der Waals surface area contributed by atoms with Crippen molar-refractivity contribution in [2.24, 2.45) is 10.8 Å². The van der Waals surface area contributed by atoms with E-state index in [0.717, 1.165) is 70.6 Å². The number of aliphatic carboxylic acids is 1. The van der Waals surface area contributed by atoms with Gasteiger partial charge in [-0.1, -0.05) is 59.3 Å². The van der Waals surface area contributed by atoms with E-state index in [2.05, 4.69) is 13.8 Å². The molecule has 0 rings (SSSR count). The summed E-state index contributed by atoms with van der Waals surface area (Å²) in [6, 6.07) is 0. The number of carboxylic acids is 1. The van der Waals surface area contributed by atoms with Crippen LogP contribution in [0.4, 0.5) is 0 Å². The fourth-order valence-electron chi connectivity index (χ4n) is 3.85. The second-order valence-electron chi connectivity index (χ2n) is 8.72. The monoisotopic (exact) mass is 414 g/mol. The minimum Gasteiger partial charge on any atom is -0.481 e. The fourth-order valence-corrected chi connectivity index (χ4v) is 3.85. The molecule has 1 atom stereocenters. The second kappa shape index (κ2) is 15.7. The molecule has 1 N–H and O–H groups in total. The Bertz CT molecular complexity index is 441. The third kappa shape index (κ3) is 10.5. The molecule has 0 aliphatic carbocycles. The molecule has 0 saturated heterocycles. The van der Waals surface area contributed by atoms with Crippen LogP contribution in [0.1, 0.15) is 111 Å². The largest absolute Gasteiger partial charge is 0.481 e. The Balaban J connectivity index is 4.22. The molecule has 1 unspecified atom stereocenters. The molecular formula is C24H46O5. The van der Waals surface area contributed by atoms with Crippen LogP contribution in [0.2, 0.25) is 0 Å². The summed E-state index contributed by atoms with van der Waals surface area (Å²) in [5.41, 5.74) is -0.948. The van der Waals surface area contributed by atoms with Crippen molar-refractivity contribution in [3.8, 4) is 0 Å². The summed E-state index contributed by atoms with van der Waals surface area (Å²) in [5.74, 6) is -0.751. The van der Waals surface area contributed by atoms with Crippen LogP contribution in [-0.4, -0.2) is 37.4 Å². The zero-order chi connectivity index (χ0) is 22.2. The normalized spacial score (nSPS) is 13.8. The van der Waals surface area contributed by atoms with Crippen LogP contribution in [0.5, 0.6) is 0 Å². The highest BCUT2D eigenvalue weighted by Gasteiger charge is 2.37. The summed E-state index contributed by atoms with van der Waals surface area (Å²) in [6.07, 6.45) is 12.0. The van der Waals surface area contributed by atoms with Crippen molar-refractivity contribution >= 4 is 11.9 Å². The molecule has 0 aliphatic rings. The zero-order valence-corrected chi connectivity index (χ0v) is 19.7. The van der Waals surface area contributed by atoms with Crippen molar-refractivity contribution in [1.82, 2.24) is 0 Å². The summed E-state index contributed by atoms with van der Waals surface area (Å²) >= 11 is 0. The molecule has 0 aromatic rings. The molecule has 0 aromatic carbocycles. The average Bonchev–Trinajstić information content (AvgIpc) is 2.72. The van der Waals surface area contributed by atoms with Crippen LogP contribution < -0.4 is 0 Å². The van der Waals surface area contributed by atoms with Gasteiger partial charge in [0.15, 0.2) is 0 Å². The van der Waals surface area contributed by atoms with Crippen LogP contribution >= 0.6 is 0 Å². The number of esters is 1. The number of rotatable bonds is 19. The van der Waals surface area contributed by atoms with Gasteiger partial charge in [-0.15, -0.1) is 0 Å². The summed E-state index contributed by atoms with van der Waals surface area (Å²) in [7, 11) is 1.51. The van der Waals surface area contributed by atoms with Crippen molar-refractivity contribution < 1.29 is 24.2 Å². The van der Waals surface area contributed by atoms with E-state index in [1.807, 2.05) is 13.8 Å². The number of hydrogen-bond acceptors (Lipinski definition) is 4. The summed E-state index contributed by atoms with van der Waals surface area (Å²) in [4.78, 5) is 23.9. The highest BCUT2D eigenvalue weighted by molar-refractivity contribution is 5.76. The first-order chi connectivity index (χ1) is 13.8. The average molecular weight is 415 g/mol. The second-order valence-corrected chi connectivity index (χ2v) is 8.72. The number of ether oxygens (including phenoxy) is 2. The van der Waals surface area contributed by atoms with Gasteiger partial charge in [0, 0.05) is 13.2 Å². The number of methoxy groups -OCH3 is 1. The van der Waals surface area contributed by atoms with Crippen molar-refractivity contribution in [2.45, 2.75) is 111 Å². The highest BCUT2D eigenvalue weighted by atomic mass is 16.5. The number of carbonyl (C=O) groups is 2. The van der Waals surface area contributed by atoms with Gasteiger partial charge in [0.25, 0.3) is 0 Å². The van der Waals surface area contributed by atoms with Gasteiger partial charge in [-0.3, -0.25) is 9.59 Å². The predicted octanol–water partition coefficient (Wildman–Crippen LogP) is 6.38. The lowest BCUT2D eigenvalue weighted by Gasteiger charge is -2.31. The topological polar surface area (TPSA) is 72.8 Å². The molecule has 0 aromatic heterocycles. The van der Waals surface area contributed by atoms with E-state index in [9.17, 15) is 14.7 Å². The Labute approximate surface area is 178 Å². The number of carbonyl (C=O) groups excluding carboxylic acids is 1. The standard InChI is InChI=1S/C24H46O5/c1-6-9-16-24(17-10-7-2,22(27)28-5)18-12-14-20-29-19-13-11-15-23(4,8-3)21(25)26/h6-20H2,1-5H3,(H,25,26). The van der Waals surface area contributed by atoms with E-state index in [-0.39, 0.29) is 11.4 Å². The molecule has 0 heterocycles. The molecule has 0 saturated carbocycles. The maximum atomic E-state index is 12.5. The first kappa shape index (κ1) is 27.9. The smallest absolute Gasteiger partial charge is 0.311 e. The molecule has 0 spiro atoms. The SMILES string of the molecule is CCCCC(CCCC)(CCCCOCCCCC(C)(CC)C(=O)O)C(=O)OC. The van der Waals surface area contributed by atoms with Crippen LogP contribution in [0, 0.1) is 10.8 Å². The van der Waals surface area contributed by atoms with Gasteiger partial charge in [0.1, 0.15) is 0 Å². The Morgan fingerprint density at radius 1 is 0.793 bits per heavy atom. The van der Waals surface area contributed by atoms with Gasteiger partial charge >= 0.3 is 11.9 Å². The van der Waals surface area contributed by atoms with Crippen LogP contribution in [0.3, 0.4) is 0 Å². The Morgan fingerprint density at radius 3 is 1.69 bits per heavy atom. The number of carboxylic acid groups (broad SMARTS) is 1. The van der Waals surface area contributed by atoms with Gasteiger partial charge in [-0.25, -0.2) is 0 Å². The van der Waals surface area contributed by atoms with Gasteiger partial charge in [0.05, 0.1) is 17.9 Å². The van der Waals surface area contributed by atoms with E-state index < -0.39 is 11.4 Å². The third-order valence-corrected chi connectivity index (χ3v) is 6.39. The Morgan fingerprint density at radius 2 is 1.28 bits per heavy atom. The fraction of sp³-hybridized carbons (Fsp3) is 0.917. The summed E-state index contributed by atoms with van der Waals surface area (Å²) < 4.78 is 10.9. The lowest BCUT2D eigenvalue weighted by molar-refractivity contribution is -0.154. The molecule has 0 aliphatic heterocycles. The van der Waals surface area contributed by atoms with Crippen molar-refractivity contribution in [1.29, 1.82) is 0 Å².